The lowest BCUT2D eigenvalue weighted by Crippen LogP contribution is -2.13. The van der Waals surface area contributed by atoms with Crippen LogP contribution in [0.15, 0.2) is 28.3 Å². The highest BCUT2D eigenvalue weighted by Crippen LogP contribution is 2.34. The third-order valence-corrected chi connectivity index (χ3v) is 6.51. The van der Waals surface area contributed by atoms with Gasteiger partial charge in [-0.25, -0.2) is 21.8 Å². The van der Waals surface area contributed by atoms with Crippen LogP contribution in [0.25, 0.3) is 0 Å². The van der Waals surface area contributed by atoms with E-state index in [-0.39, 0.29) is 0 Å². The van der Waals surface area contributed by atoms with Gasteiger partial charge in [-0.05, 0) is 6.07 Å². The highest BCUT2D eigenvalue weighted by molar-refractivity contribution is 7.98. The second-order valence-corrected chi connectivity index (χ2v) is 8.67. The van der Waals surface area contributed by atoms with Crippen molar-refractivity contribution in [1.82, 2.24) is 4.98 Å². The van der Waals surface area contributed by atoms with E-state index < -0.39 is 57.9 Å². The van der Waals surface area contributed by atoms with Crippen molar-refractivity contribution in [2.24, 2.45) is 0 Å². The molecule has 0 N–H and O–H groups in total. The topological polar surface area (TPSA) is 81.2 Å². The van der Waals surface area contributed by atoms with Gasteiger partial charge in [-0.2, -0.15) is 13.2 Å². The number of nitrogens with zero attached hydrogens (tertiary/aromatic N) is 1. The number of halogens is 4. The Kier molecular flexibility index (Phi) is 3.83. The zero-order valence-corrected chi connectivity index (χ0v) is 12.4. The molecule has 1 aliphatic rings. The van der Waals surface area contributed by atoms with Crippen molar-refractivity contribution in [3.05, 3.63) is 33.8 Å². The Morgan fingerprint density at radius 1 is 1.29 bits per heavy atom. The monoisotopic (exact) mass is 361 g/mol. The molecule has 0 radical (unpaired) electrons. The Bertz CT molecular complexity index is 828. The Balaban J connectivity index is 2.48. The summed E-state index contributed by atoms with van der Waals surface area (Å²) in [4.78, 5) is 2.80. The summed E-state index contributed by atoms with van der Waals surface area (Å²) in [5.41, 5.74) is -1.19. The Morgan fingerprint density at radius 3 is 2.33 bits per heavy atom. The van der Waals surface area contributed by atoms with E-state index in [1.807, 2.05) is 0 Å². The number of sulfone groups is 2. The Labute approximate surface area is 123 Å². The molecule has 1 aliphatic heterocycles. The third-order valence-electron chi connectivity index (χ3n) is 2.66. The smallest absolute Gasteiger partial charge is 0.242 e. The van der Waals surface area contributed by atoms with Crippen LogP contribution in [0.4, 0.5) is 13.2 Å². The molecule has 0 saturated heterocycles. The van der Waals surface area contributed by atoms with Crippen molar-refractivity contribution in [1.29, 1.82) is 0 Å². The first kappa shape index (κ1) is 16.2. The van der Waals surface area contributed by atoms with Gasteiger partial charge in [-0.1, -0.05) is 17.7 Å². The quantitative estimate of drug-likeness (QED) is 0.802. The van der Waals surface area contributed by atoms with Crippen molar-refractivity contribution in [2.75, 3.05) is 11.5 Å². The van der Waals surface area contributed by atoms with E-state index in [2.05, 4.69) is 4.98 Å². The van der Waals surface area contributed by atoms with Gasteiger partial charge in [0.2, 0.25) is 9.84 Å². The van der Waals surface area contributed by atoms with Crippen LogP contribution in [0.1, 0.15) is 5.56 Å². The SMILES string of the molecule is O=S1(=O)CC=C(S(=O)(=O)c2ncc(C(F)(F)F)cc2Cl)C1. The number of aromatic nitrogens is 1. The lowest BCUT2D eigenvalue weighted by molar-refractivity contribution is -0.137. The zero-order chi connectivity index (χ0) is 16.1. The van der Waals surface area contributed by atoms with E-state index >= 15 is 0 Å². The second kappa shape index (κ2) is 4.96. The standard InChI is InChI=1S/C10H7ClF3NO4S2/c11-8-3-6(10(12,13)14)4-15-9(8)21(18,19)7-1-2-20(16,17)5-7/h1,3-4H,2,5H2. The third kappa shape index (κ3) is 3.22. The fourth-order valence-corrected chi connectivity index (χ4v) is 5.56. The Hall–Kier alpha value is -1.13. The molecule has 0 unspecified atom stereocenters. The highest BCUT2D eigenvalue weighted by atomic mass is 35.5. The van der Waals surface area contributed by atoms with Crippen LogP contribution in [0.3, 0.4) is 0 Å². The number of hydrogen-bond donors (Lipinski definition) is 0. The molecular formula is C10H7ClF3NO4S2. The normalized spacial score (nSPS) is 18.6. The van der Waals surface area contributed by atoms with Gasteiger partial charge in [0.1, 0.15) is 0 Å². The fourth-order valence-electron chi connectivity index (χ4n) is 1.64. The first-order valence-corrected chi connectivity index (χ1v) is 8.99. The van der Waals surface area contributed by atoms with Crippen LogP contribution in [0.2, 0.25) is 5.02 Å². The predicted octanol–water partition coefficient (Wildman–Crippen LogP) is 1.84. The summed E-state index contributed by atoms with van der Waals surface area (Å²) in [7, 11) is -7.88. The van der Waals surface area contributed by atoms with Crippen molar-refractivity contribution in [3.8, 4) is 0 Å². The van der Waals surface area contributed by atoms with Crippen LogP contribution >= 0.6 is 11.6 Å². The van der Waals surface area contributed by atoms with Crippen molar-refractivity contribution < 1.29 is 30.0 Å². The minimum atomic E-state index is -4.71. The minimum absolute atomic E-state index is 0.336. The summed E-state index contributed by atoms with van der Waals surface area (Å²) in [6, 6.07) is 0.436. The fraction of sp³-hybridized carbons (Fsp3) is 0.300. The van der Waals surface area contributed by atoms with Crippen LogP contribution in [0, 0.1) is 0 Å². The molecule has 21 heavy (non-hydrogen) atoms. The van der Waals surface area contributed by atoms with Gasteiger partial charge in [-0.15, -0.1) is 0 Å². The van der Waals surface area contributed by atoms with Gasteiger partial charge in [0.15, 0.2) is 14.9 Å². The van der Waals surface area contributed by atoms with E-state index in [4.69, 9.17) is 11.6 Å². The summed E-state index contributed by atoms with van der Waals surface area (Å²) in [6.45, 7) is 0. The van der Waals surface area contributed by atoms with Crippen LogP contribution in [-0.4, -0.2) is 33.3 Å². The van der Waals surface area contributed by atoms with Crippen LogP contribution in [-0.2, 0) is 25.9 Å². The molecule has 2 rings (SSSR count). The first-order chi connectivity index (χ1) is 9.43. The summed E-state index contributed by atoms with van der Waals surface area (Å²) in [6.07, 6.45) is -3.39. The average Bonchev–Trinajstić information content (AvgIpc) is 2.68. The molecule has 1 aromatic rings. The minimum Gasteiger partial charge on any atom is -0.242 e. The summed E-state index contributed by atoms with van der Waals surface area (Å²) >= 11 is 5.55. The molecule has 0 bridgehead atoms. The lowest BCUT2D eigenvalue weighted by Gasteiger charge is -2.10. The molecule has 2 heterocycles. The van der Waals surface area contributed by atoms with E-state index in [0.717, 1.165) is 6.08 Å². The number of alkyl halides is 3. The molecule has 11 heteroatoms. The maximum atomic E-state index is 12.5. The van der Waals surface area contributed by atoms with E-state index in [0.29, 0.717) is 12.3 Å². The highest BCUT2D eigenvalue weighted by Gasteiger charge is 2.36. The molecule has 1 aromatic heterocycles. The predicted molar refractivity (Wildman–Crippen MR) is 68.2 cm³/mol. The number of rotatable bonds is 2. The summed E-state index contributed by atoms with van der Waals surface area (Å²) < 4.78 is 84.2. The van der Waals surface area contributed by atoms with E-state index in [1.54, 1.807) is 0 Å². The Morgan fingerprint density at radius 2 is 1.90 bits per heavy atom. The second-order valence-electron chi connectivity index (χ2n) is 4.24. The molecule has 0 fully saturated rings. The van der Waals surface area contributed by atoms with Gasteiger partial charge >= 0.3 is 6.18 Å². The zero-order valence-electron chi connectivity index (χ0n) is 10.1. The van der Waals surface area contributed by atoms with Gasteiger partial charge in [0.05, 0.1) is 27.0 Å². The number of pyridine rings is 1. The van der Waals surface area contributed by atoms with Crippen LogP contribution < -0.4 is 0 Å². The van der Waals surface area contributed by atoms with E-state index in [1.165, 1.54) is 0 Å². The lowest BCUT2D eigenvalue weighted by atomic mass is 10.3. The summed E-state index contributed by atoms with van der Waals surface area (Å²) in [5, 5.41) is -1.50. The van der Waals surface area contributed by atoms with E-state index in [9.17, 15) is 30.0 Å². The van der Waals surface area contributed by atoms with Gasteiger partial charge < -0.3 is 0 Å². The van der Waals surface area contributed by atoms with Crippen LogP contribution in [0.5, 0.6) is 0 Å². The molecule has 116 valence electrons. The molecule has 0 atom stereocenters. The molecule has 0 spiro atoms. The van der Waals surface area contributed by atoms with Crippen molar-refractivity contribution >= 4 is 31.3 Å². The number of hydrogen-bond acceptors (Lipinski definition) is 5. The molecular weight excluding hydrogens is 355 g/mol. The maximum Gasteiger partial charge on any atom is 0.417 e. The first-order valence-electron chi connectivity index (χ1n) is 5.31. The molecule has 5 nitrogen and oxygen atoms in total. The molecule has 0 saturated carbocycles. The van der Waals surface area contributed by atoms with Gasteiger partial charge in [0, 0.05) is 6.20 Å². The maximum absolute atomic E-state index is 12.5. The molecule has 0 aliphatic carbocycles. The van der Waals surface area contributed by atoms with Crippen molar-refractivity contribution in [3.63, 3.8) is 0 Å². The average molecular weight is 362 g/mol. The van der Waals surface area contributed by atoms with Gasteiger partial charge in [0.25, 0.3) is 0 Å². The summed E-state index contributed by atoms with van der Waals surface area (Å²) in [5.74, 6) is -1.16. The molecule has 0 amide bonds. The van der Waals surface area contributed by atoms with Crippen molar-refractivity contribution in [2.45, 2.75) is 11.2 Å². The largest absolute Gasteiger partial charge is 0.417 e. The van der Waals surface area contributed by atoms with Gasteiger partial charge in [-0.3, -0.25) is 0 Å². The molecule has 0 aromatic carbocycles.